The summed E-state index contributed by atoms with van der Waals surface area (Å²) in [6.07, 6.45) is 0.281. The molecule has 1 rings (SSSR count). The van der Waals surface area contributed by atoms with Crippen LogP contribution in [0.3, 0.4) is 0 Å². The first-order chi connectivity index (χ1) is 9.13. The Bertz CT molecular complexity index is 435. The van der Waals surface area contributed by atoms with Gasteiger partial charge in [-0.05, 0) is 11.1 Å². The van der Waals surface area contributed by atoms with Crippen LogP contribution in [0, 0.1) is 0 Å². The summed E-state index contributed by atoms with van der Waals surface area (Å²) in [5.41, 5.74) is 12.4. The fraction of sp³-hybridized carbons (Fsp3) is 0.385. The molecule has 104 valence electrons. The highest BCUT2D eigenvalue weighted by atomic mass is 16.5. The van der Waals surface area contributed by atoms with E-state index in [4.69, 9.17) is 16.2 Å². The van der Waals surface area contributed by atoms with Gasteiger partial charge in [0.1, 0.15) is 6.61 Å². The maximum absolute atomic E-state index is 11.7. The van der Waals surface area contributed by atoms with Crippen LogP contribution in [0.4, 0.5) is 0 Å². The van der Waals surface area contributed by atoms with Gasteiger partial charge in [-0.3, -0.25) is 9.59 Å². The lowest BCUT2D eigenvalue weighted by molar-refractivity contribution is -0.122. The van der Waals surface area contributed by atoms with Gasteiger partial charge in [0.2, 0.25) is 11.8 Å². The molecule has 0 saturated carbocycles. The van der Waals surface area contributed by atoms with Crippen LogP contribution in [-0.4, -0.2) is 31.6 Å². The van der Waals surface area contributed by atoms with Crippen LogP contribution >= 0.6 is 0 Å². The highest BCUT2D eigenvalue weighted by Crippen LogP contribution is 2.08. The lowest BCUT2D eigenvalue weighted by Gasteiger charge is -2.08. The maximum Gasteiger partial charge on any atom is 0.243 e. The first-order valence-corrected chi connectivity index (χ1v) is 6.03. The molecule has 0 fully saturated rings. The van der Waals surface area contributed by atoms with Crippen LogP contribution in [0.25, 0.3) is 0 Å². The number of primary amides is 1. The van der Waals surface area contributed by atoms with Gasteiger partial charge in [0.15, 0.2) is 0 Å². The number of ether oxygens (including phenoxy) is 1. The quantitative estimate of drug-likeness (QED) is 0.540. The molecule has 0 heterocycles. The molecule has 0 saturated heterocycles. The molecule has 2 amide bonds. The van der Waals surface area contributed by atoms with Crippen LogP contribution in [0.1, 0.15) is 11.1 Å². The number of rotatable bonds is 8. The monoisotopic (exact) mass is 265 g/mol. The molecule has 0 aliphatic rings. The summed E-state index contributed by atoms with van der Waals surface area (Å²) in [5.74, 6) is -0.633. The Balaban J connectivity index is 2.29. The number of nitrogens with two attached hydrogens (primary N) is 2. The van der Waals surface area contributed by atoms with Gasteiger partial charge in [-0.15, -0.1) is 0 Å². The Morgan fingerprint density at radius 3 is 2.53 bits per heavy atom. The van der Waals surface area contributed by atoms with Crippen molar-refractivity contribution in [3.63, 3.8) is 0 Å². The zero-order valence-corrected chi connectivity index (χ0v) is 10.7. The van der Waals surface area contributed by atoms with E-state index in [2.05, 4.69) is 5.32 Å². The Morgan fingerprint density at radius 1 is 1.21 bits per heavy atom. The minimum atomic E-state index is -0.525. The second kappa shape index (κ2) is 8.23. The van der Waals surface area contributed by atoms with E-state index in [1.165, 1.54) is 0 Å². The van der Waals surface area contributed by atoms with Crippen molar-refractivity contribution < 1.29 is 14.3 Å². The molecule has 1 aromatic rings. The number of carbonyl (C=O) groups excluding carboxylic acids is 2. The highest BCUT2D eigenvalue weighted by molar-refractivity contribution is 5.79. The van der Waals surface area contributed by atoms with Crippen LogP contribution in [0.2, 0.25) is 0 Å². The van der Waals surface area contributed by atoms with Gasteiger partial charge in [0, 0.05) is 13.1 Å². The predicted molar refractivity (Wildman–Crippen MR) is 71.1 cm³/mol. The van der Waals surface area contributed by atoms with Gasteiger partial charge in [-0.1, -0.05) is 24.3 Å². The van der Waals surface area contributed by atoms with Crippen molar-refractivity contribution in [1.29, 1.82) is 0 Å². The Kier molecular flexibility index (Phi) is 6.56. The van der Waals surface area contributed by atoms with E-state index in [0.29, 0.717) is 13.1 Å². The summed E-state index contributed by atoms with van der Waals surface area (Å²) in [7, 11) is 0. The molecular formula is C13H19N3O3. The normalized spacial score (nSPS) is 10.2. The molecule has 5 N–H and O–H groups in total. The SMILES string of the molecule is NCc1ccccc1CC(=O)NCCOCC(N)=O. The van der Waals surface area contributed by atoms with E-state index in [0.717, 1.165) is 11.1 Å². The Morgan fingerprint density at radius 2 is 1.89 bits per heavy atom. The number of hydrogen-bond donors (Lipinski definition) is 3. The second-order valence-corrected chi connectivity index (χ2v) is 4.02. The van der Waals surface area contributed by atoms with Gasteiger partial charge in [-0.25, -0.2) is 0 Å². The number of nitrogens with one attached hydrogen (secondary N) is 1. The minimum absolute atomic E-state index is 0.108. The van der Waals surface area contributed by atoms with E-state index in [1.54, 1.807) is 0 Å². The lowest BCUT2D eigenvalue weighted by atomic mass is 10.0. The largest absolute Gasteiger partial charge is 0.370 e. The molecule has 0 atom stereocenters. The zero-order chi connectivity index (χ0) is 14.1. The van der Waals surface area contributed by atoms with Crippen molar-refractivity contribution >= 4 is 11.8 Å². The molecule has 0 bridgehead atoms. The highest BCUT2D eigenvalue weighted by Gasteiger charge is 2.06. The number of hydrogen-bond acceptors (Lipinski definition) is 4. The molecule has 1 aromatic carbocycles. The smallest absolute Gasteiger partial charge is 0.243 e. The number of carbonyl (C=O) groups is 2. The molecule has 0 aliphatic heterocycles. The molecular weight excluding hydrogens is 246 g/mol. The standard InChI is InChI=1S/C13H19N3O3/c14-8-11-4-2-1-3-10(11)7-13(18)16-5-6-19-9-12(15)17/h1-4H,5-9,14H2,(H2,15,17)(H,16,18). The maximum atomic E-state index is 11.7. The van der Waals surface area contributed by atoms with Gasteiger partial charge >= 0.3 is 0 Å². The molecule has 19 heavy (non-hydrogen) atoms. The minimum Gasteiger partial charge on any atom is -0.370 e. The second-order valence-electron chi connectivity index (χ2n) is 4.02. The third-order valence-corrected chi connectivity index (χ3v) is 2.50. The zero-order valence-electron chi connectivity index (χ0n) is 10.7. The van der Waals surface area contributed by atoms with Crippen molar-refractivity contribution in [3.05, 3.63) is 35.4 Å². The van der Waals surface area contributed by atoms with Crippen LogP contribution in [0.15, 0.2) is 24.3 Å². The first-order valence-electron chi connectivity index (χ1n) is 6.03. The van der Waals surface area contributed by atoms with Crippen molar-refractivity contribution in [3.8, 4) is 0 Å². The van der Waals surface area contributed by atoms with Gasteiger partial charge < -0.3 is 21.5 Å². The average molecular weight is 265 g/mol. The molecule has 0 aromatic heterocycles. The molecule has 0 aliphatic carbocycles. The third-order valence-electron chi connectivity index (χ3n) is 2.50. The van der Waals surface area contributed by atoms with Crippen LogP contribution in [-0.2, 0) is 27.3 Å². The van der Waals surface area contributed by atoms with Crippen LogP contribution in [0.5, 0.6) is 0 Å². The molecule has 0 unspecified atom stereocenters. The molecule has 0 radical (unpaired) electrons. The van der Waals surface area contributed by atoms with Crippen molar-refractivity contribution in [2.24, 2.45) is 11.5 Å². The van der Waals surface area contributed by atoms with Crippen molar-refractivity contribution in [2.45, 2.75) is 13.0 Å². The van der Waals surface area contributed by atoms with E-state index in [-0.39, 0.29) is 25.5 Å². The fourth-order valence-electron chi connectivity index (χ4n) is 1.60. The fourth-order valence-corrected chi connectivity index (χ4v) is 1.60. The Hall–Kier alpha value is -1.92. The number of benzene rings is 1. The van der Waals surface area contributed by atoms with Crippen LogP contribution < -0.4 is 16.8 Å². The topological polar surface area (TPSA) is 107 Å². The predicted octanol–water partition coefficient (Wildman–Crippen LogP) is -0.694. The molecule has 6 nitrogen and oxygen atoms in total. The third kappa shape index (κ3) is 5.98. The summed E-state index contributed by atoms with van der Waals surface area (Å²) in [5, 5.41) is 2.70. The lowest BCUT2D eigenvalue weighted by Crippen LogP contribution is -2.30. The average Bonchev–Trinajstić information content (AvgIpc) is 2.38. The summed E-state index contributed by atoms with van der Waals surface area (Å²) in [6.45, 7) is 0.876. The Labute approximate surface area is 112 Å². The molecule has 6 heteroatoms. The van der Waals surface area contributed by atoms with E-state index in [9.17, 15) is 9.59 Å². The van der Waals surface area contributed by atoms with Gasteiger partial charge in [0.25, 0.3) is 0 Å². The summed E-state index contributed by atoms with van der Waals surface area (Å²) in [4.78, 5) is 22.1. The van der Waals surface area contributed by atoms with Gasteiger partial charge in [-0.2, -0.15) is 0 Å². The van der Waals surface area contributed by atoms with Gasteiger partial charge in [0.05, 0.1) is 13.0 Å². The summed E-state index contributed by atoms with van der Waals surface area (Å²) >= 11 is 0. The van der Waals surface area contributed by atoms with E-state index < -0.39 is 5.91 Å². The van der Waals surface area contributed by atoms with Crippen molar-refractivity contribution in [1.82, 2.24) is 5.32 Å². The number of amides is 2. The summed E-state index contributed by atoms with van der Waals surface area (Å²) < 4.78 is 4.93. The first kappa shape index (κ1) is 15.1. The van der Waals surface area contributed by atoms with E-state index >= 15 is 0 Å². The summed E-state index contributed by atoms with van der Waals surface area (Å²) in [6, 6.07) is 7.54. The van der Waals surface area contributed by atoms with Crippen molar-refractivity contribution in [2.75, 3.05) is 19.8 Å². The molecule has 0 spiro atoms. The van der Waals surface area contributed by atoms with E-state index in [1.807, 2.05) is 24.3 Å².